The van der Waals surface area contributed by atoms with E-state index in [1.807, 2.05) is 0 Å². The molecule has 0 aromatic heterocycles. The van der Waals surface area contributed by atoms with E-state index in [9.17, 15) is 9.59 Å². The largest absolute Gasteiger partial charge is 0.482 e. The SMILES string of the molecule is COC(=O)c1ccc2c(c1)N(c1ccccc1Cl)C(=O)CO2. The number of esters is 1. The highest BCUT2D eigenvalue weighted by molar-refractivity contribution is 6.34. The van der Waals surface area contributed by atoms with Crippen LogP contribution in [-0.4, -0.2) is 25.6 Å². The van der Waals surface area contributed by atoms with E-state index < -0.39 is 5.97 Å². The van der Waals surface area contributed by atoms with Gasteiger partial charge in [0, 0.05) is 0 Å². The summed E-state index contributed by atoms with van der Waals surface area (Å²) >= 11 is 6.19. The molecule has 2 aromatic rings. The molecule has 0 radical (unpaired) electrons. The molecule has 5 nitrogen and oxygen atoms in total. The van der Waals surface area contributed by atoms with Gasteiger partial charge in [-0.3, -0.25) is 9.69 Å². The highest BCUT2D eigenvalue weighted by Crippen LogP contribution is 2.40. The smallest absolute Gasteiger partial charge is 0.337 e. The second kappa shape index (κ2) is 5.69. The third-order valence-electron chi connectivity index (χ3n) is 3.31. The number of methoxy groups -OCH3 is 1. The molecule has 0 saturated carbocycles. The molecule has 0 atom stereocenters. The van der Waals surface area contributed by atoms with E-state index in [2.05, 4.69) is 0 Å². The van der Waals surface area contributed by atoms with Gasteiger partial charge in [0.05, 0.1) is 29.1 Å². The number of fused-ring (bicyclic) bond motifs is 1. The number of para-hydroxylation sites is 1. The standard InChI is InChI=1S/C16H12ClNO4/c1-21-16(20)10-6-7-14-13(8-10)18(15(19)9-22-14)12-5-3-2-4-11(12)17/h2-8H,9H2,1H3. The van der Waals surface area contributed by atoms with Crippen LogP contribution in [0.3, 0.4) is 0 Å². The Morgan fingerprint density at radius 3 is 2.73 bits per heavy atom. The number of rotatable bonds is 2. The van der Waals surface area contributed by atoms with E-state index in [0.717, 1.165) is 0 Å². The molecule has 1 heterocycles. The molecule has 0 aliphatic carbocycles. The minimum Gasteiger partial charge on any atom is -0.482 e. The highest BCUT2D eigenvalue weighted by atomic mass is 35.5. The number of amides is 1. The van der Waals surface area contributed by atoms with Crippen LogP contribution in [0.25, 0.3) is 0 Å². The minimum absolute atomic E-state index is 0.0875. The first-order valence-corrected chi connectivity index (χ1v) is 6.92. The number of carbonyl (C=O) groups excluding carboxylic acids is 2. The lowest BCUT2D eigenvalue weighted by atomic mass is 10.1. The van der Waals surface area contributed by atoms with Gasteiger partial charge < -0.3 is 9.47 Å². The highest BCUT2D eigenvalue weighted by Gasteiger charge is 2.29. The Hall–Kier alpha value is -2.53. The molecular formula is C16H12ClNO4. The number of hydrogen-bond acceptors (Lipinski definition) is 4. The Morgan fingerprint density at radius 1 is 1.23 bits per heavy atom. The third kappa shape index (κ3) is 2.40. The molecular weight excluding hydrogens is 306 g/mol. The molecule has 0 bridgehead atoms. The van der Waals surface area contributed by atoms with Crippen molar-refractivity contribution in [1.29, 1.82) is 0 Å². The van der Waals surface area contributed by atoms with Crippen molar-refractivity contribution in [3.05, 3.63) is 53.1 Å². The van der Waals surface area contributed by atoms with Crippen LogP contribution < -0.4 is 9.64 Å². The van der Waals surface area contributed by atoms with Gasteiger partial charge in [-0.15, -0.1) is 0 Å². The van der Waals surface area contributed by atoms with Crippen molar-refractivity contribution < 1.29 is 19.1 Å². The fraction of sp³-hybridized carbons (Fsp3) is 0.125. The van der Waals surface area contributed by atoms with Crippen molar-refractivity contribution in [1.82, 2.24) is 0 Å². The van der Waals surface area contributed by atoms with Gasteiger partial charge in [0.1, 0.15) is 5.75 Å². The Balaban J connectivity index is 2.15. The first-order valence-electron chi connectivity index (χ1n) is 6.54. The predicted octanol–water partition coefficient (Wildman–Crippen LogP) is 3.18. The van der Waals surface area contributed by atoms with Crippen molar-refractivity contribution in [2.75, 3.05) is 18.6 Å². The van der Waals surface area contributed by atoms with E-state index in [1.54, 1.807) is 42.5 Å². The normalized spacial score (nSPS) is 13.4. The molecule has 1 aliphatic heterocycles. The summed E-state index contributed by atoms with van der Waals surface area (Å²) in [6.07, 6.45) is 0. The summed E-state index contributed by atoms with van der Waals surface area (Å²) in [5, 5.41) is 0.437. The van der Waals surface area contributed by atoms with Gasteiger partial charge in [-0.05, 0) is 30.3 Å². The number of carbonyl (C=O) groups is 2. The van der Waals surface area contributed by atoms with Crippen molar-refractivity contribution >= 4 is 34.9 Å². The van der Waals surface area contributed by atoms with Gasteiger partial charge in [0.2, 0.25) is 0 Å². The van der Waals surface area contributed by atoms with E-state index in [0.29, 0.717) is 27.7 Å². The molecule has 0 unspecified atom stereocenters. The van der Waals surface area contributed by atoms with E-state index in [1.165, 1.54) is 12.0 Å². The minimum atomic E-state index is -0.486. The van der Waals surface area contributed by atoms with Crippen molar-refractivity contribution in [2.45, 2.75) is 0 Å². The van der Waals surface area contributed by atoms with Crippen molar-refractivity contribution in [3.8, 4) is 5.75 Å². The lowest BCUT2D eigenvalue weighted by molar-refractivity contribution is -0.120. The molecule has 1 amide bonds. The second-order valence-electron chi connectivity index (χ2n) is 4.64. The molecule has 0 saturated heterocycles. The van der Waals surface area contributed by atoms with Crippen molar-refractivity contribution in [2.24, 2.45) is 0 Å². The Morgan fingerprint density at radius 2 is 2.00 bits per heavy atom. The first kappa shape index (κ1) is 14.4. The zero-order chi connectivity index (χ0) is 15.7. The van der Waals surface area contributed by atoms with Crippen LogP contribution >= 0.6 is 11.6 Å². The van der Waals surface area contributed by atoms with Gasteiger partial charge in [0.15, 0.2) is 6.61 Å². The van der Waals surface area contributed by atoms with Gasteiger partial charge in [-0.1, -0.05) is 23.7 Å². The Labute approximate surface area is 132 Å². The second-order valence-corrected chi connectivity index (χ2v) is 5.05. The van der Waals surface area contributed by atoms with Gasteiger partial charge in [-0.25, -0.2) is 4.79 Å². The van der Waals surface area contributed by atoms with Crippen LogP contribution in [-0.2, 0) is 9.53 Å². The van der Waals surface area contributed by atoms with Crippen LogP contribution in [0.5, 0.6) is 5.75 Å². The lowest BCUT2D eigenvalue weighted by Gasteiger charge is -2.30. The number of nitrogens with zero attached hydrogens (tertiary/aromatic N) is 1. The number of anilines is 2. The molecule has 112 valence electrons. The Kier molecular flexibility index (Phi) is 3.73. The summed E-state index contributed by atoms with van der Waals surface area (Å²) in [6, 6.07) is 11.8. The predicted molar refractivity (Wildman–Crippen MR) is 81.9 cm³/mol. The molecule has 1 aliphatic rings. The van der Waals surface area contributed by atoms with E-state index in [4.69, 9.17) is 21.1 Å². The number of halogens is 1. The average Bonchev–Trinajstić information content (AvgIpc) is 2.54. The molecule has 6 heteroatoms. The summed E-state index contributed by atoms with van der Waals surface area (Å²) in [6.45, 7) is -0.0875. The number of ether oxygens (including phenoxy) is 2. The van der Waals surface area contributed by atoms with Gasteiger partial charge >= 0.3 is 5.97 Å². The Bertz CT molecular complexity index is 760. The fourth-order valence-electron chi connectivity index (χ4n) is 2.29. The maximum absolute atomic E-state index is 12.3. The molecule has 3 rings (SSSR count). The maximum Gasteiger partial charge on any atom is 0.337 e. The maximum atomic E-state index is 12.3. The summed E-state index contributed by atoms with van der Waals surface area (Å²) in [4.78, 5) is 25.4. The fourth-order valence-corrected chi connectivity index (χ4v) is 2.51. The van der Waals surface area contributed by atoms with E-state index in [-0.39, 0.29) is 12.5 Å². The number of benzene rings is 2. The molecule has 0 spiro atoms. The van der Waals surface area contributed by atoms with Gasteiger partial charge in [0.25, 0.3) is 5.91 Å². The monoisotopic (exact) mass is 317 g/mol. The molecule has 2 aromatic carbocycles. The summed E-state index contributed by atoms with van der Waals surface area (Å²) in [7, 11) is 1.30. The van der Waals surface area contributed by atoms with Gasteiger partial charge in [-0.2, -0.15) is 0 Å². The summed E-state index contributed by atoms with van der Waals surface area (Å²) < 4.78 is 10.1. The third-order valence-corrected chi connectivity index (χ3v) is 3.63. The number of hydrogen-bond donors (Lipinski definition) is 0. The topological polar surface area (TPSA) is 55.8 Å². The summed E-state index contributed by atoms with van der Waals surface area (Å²) in [5.41, 5.74) is 1.34. The molecule has 0 fully saturated rings. The molecule has 22 heavy (non-hydrogen) atoms. The van der Waals surface area contributed by atoms with Crippen LogP contribution in [0, 0.1) is 0 Å². The zero-order valence-electron chi connectivity index (χ0n) is 11.7. The van der Waals surface area contributed by atoms with Crippen LogP contribution in [0.1, 0.15) is 10.4 Å². The quantitative estimate of drug-likeness (QED) is 0.798. The van der Waals surface area contributed by atoms with Crippen LogP contribution in [0.4, 0.5) is 11.4 Å². The first-order chi connectivity index (χ1) is 10.6. The average molecular weight is 318 g/mol. The van der Waals surface area contributed by atoms with Crippen molar-refractivity contribution in [3.63, 3.8) is 0 Å². The summed E-state index contributed by atoms with van der Waals surface area (Å²) in [5.74, 6) is -0.241. The lowest BCUT2D eigenvalue weighted by Crippen LogP contribution is -2.35. The molecule has 0 N–H and O–H groups in total. The van der Waals surface area contributed by atoms with Crippen LogP contribution in [0.15, 0.2) is 42.5 Å². The van der Waals surface area contributed by atoms with E-state index >= 15 is 0 Å². The zero-order valence-corrected chi connectivity index (χ0v) is 12.5. The van der Waals surface area contributed by atoms with Crippen LogP contribution in [0.2, 0.25) is 5.02 Å².